The summed E-state index contributed by atoms with van der Waals surface area (Å²) >= 11 is 0. The summed E-state index contributed by atoms with van der Waals surface area (Å²) in [5.74, 6) is 1.08. The number of nitrogens with zero attached hydrogens (tertiary/aromatic N) is 3. The van der Waals surface area contributed by atoms with Crippen LogP contribution in [0.15, 0.2) is 4.99 Å². The molecule has 0 spiro atoms. The maximum absolute atomic E-state index is 4.48. The van der Waals surface area contributed by atoms with Crippen LogP contribution in [0.3, 0.4) is 0 Å². The van der Waals surface area contributed by atoms with Gasteiger partial charge in [-0.2, -0.15) is 0 Å². The van der Waals surface area contributed by atoms with Crippen molar-refractivity contribution in [2.24, 2.45) is 4.99 Å². The highest BCUT2D eigenvalue weighted by Crippen LogP contribution is 2.33. The van der Waals surface area contributed by atoms with Gasteiger partial charge in [0.05, 0.1) is 6.54 Å². The van der Waals surface area contributed by atoms with E-state index >= 15 is 0 Å². The molecule has 0 unspecified atom stereocenters. The Morgan fingerprint density at radius 3 is 2.56 bits per heavy atom. The van der Waals surface area contributed by atoms with Crippen LogP contribution < -0.4 is 5.32 Å². The quantitative estimate of drug-likeness (QED) is 0.767. The molecule has 1 aliphatic heterocycles. The van der Waals surface area contributed by atoms with Crippen LogP contribution in [0.1, 0.15) is 25.7 Å². The summed E-state index contributed by atoms with van der Waals surface area (Å²) in [4.78, 5) is 9.08. The fourth-order valence-electron chi connectivity index (χ4n) is 2.78. The molecule has 2 rings (SSSR count). The lowest BCUT2D eigenvalue weighted by Gasteiger charge is -2.37. The van der Waals surface area contributed by atoms with Gasteiger partial charge in [-0.3, -0.25) is 4.99 Å². The van der Waals surface area contributed by atoms with E-state index in [9.17, 15) is 0 Å². The first-order chi connectivity index (χ1) is 7.64. The van der Waals surface area contributed by atoms with Gasteiger partial charge in [-0.15, -0.1) is 0 Å². The SMILES string of the molecule is CN1CCN=C1NCC1(N(C)C)CCCC1. The van der Waals surface area contributed by atoms with E-state index in [1.807, 2.05) is 0 Å². The zero-order valence-electron chi connectivity index (χ0n) is 10.8. The molecular weight excluding hydrogens is 200 g/mol. The van der Waals surface area contributed by atoms with Gasteiger partial charge in [-0.05, 0) is 26.9 Å². The minimum absolute atomic E-state index is 0.353. The first-order valence-electron chi connectivity index (χ1n) is 6.31. The summed E-state index contributed by atoms with van der Waals surface area (Å²) in [6, 6.07) is 0. The summed E-state index contributed by atoms with van der Waals surface area (Å²) < 4.78 is 0. The van der Waals surface area contributed by atoms with Crippen LogP contribution in [0, 0.1) is 0 Å². The molecule has 0 saturated heterocycles. The third kappa shape index (κ3) is 2.17. The number of rotatable bonds is 3. The maximum atomic E-state index is 4.48. The number of likely N-dealkylation sites (N-methyl/N-ethyl adjacent to an activating group) is 2. The van der Waals surface area contributed by atoms with Gasteiger partial charge in [-0.25, -0.2) is 0 Å². The molecule has 1 N–H and O–H groups in total. The number of hydrogen-bond acceptors (Lipinski definition) is 4. The van der Waals surface area contributed by atoms with Crippen molar-refractivity contribution in [3.8, 4) is 0 Å². The van der Waals surface area contributed by atoms with E-state index in [2.05, 4.69) is 41.3 Å². The molecule has 0 aromatic carbocycles. The molecule has 0 atom stereocenters. The van der Waals surface area contributed by atoms with Crippen LogP contribution in [0.25, 0.3) is 0 Å². The number of guanidine groups is 1. The molecule has 92 valence electrons. The molecule has 16 heavy (non-hydrogen) atoms. The lowest BCUT2D eigenvalue weighted by atomic mass is 9.96. The van der Waals surface area contributed by atoms with E-state index < -0.39 is 0 Å². The molecule has 1 aliphatic carbocycles. The molecule has 1 heterocycles. The van der Waals surface area contributed by atoms with E-state index in [4.69, 9.17) is 0 Å². The Balaban J connectivity index is 1.92. The highest BCUT2D eigenvalue weighted by atomic mass is 15.3. The highest BCUT2D eigenvalue weighted by Gasteiger charge is 2.36. The Hall–Kier alpha value is -0.770. The normalized spacial score (nSPS) is 24.0. The zero-order chi connectivity index (χ0) is 11.6. The van der Waals surface area contributed by atoms with Gasteiger partial charge >= 0.3 is 0 Å². The van der Waals surface area contributed by atoms with Gasteiger partial charge in [0, 0.05) is 25.7 Å². The predicted molar refractivity (Wildman–Crippen MR) is 67.8 cm³/mol. The van der Waals surface area contributed by atoms with Gasteiger partial charge in [0.25, 0.3) is 0 Å². The Bertz CT molecular complexity index is 266. The average Bonchev–Trinajstić information content (AvgIpc) is 2.84. The van der Waals surface area contributed by atoms with Crippen molar-refractivity contribution < 1.29 is 0 Å². The second-order valence-electron chi connectivity index (χ2n) is 5.31. The predicted octanol–water partition coefficient (Wildman–Crippen LogP) is 0.752. The van der Waals surface area contributed by atoms with E-state index in [-0.39, 0.29) is 0 Å². The van der Waals surface area contributed by atoms with Gasteiger partial charge in [0.15, 0.2) is 5.96 Å². The molecule has 0 bridgehead atoms. The summed E-state index contributed by atoms with van der Waals surface area (Å²) in [6.45, 7) is 3.02. The molecule has 0 aromatic heterocycles. The van der Waals surface area contributed by atoms with E-state index in [1.54, 1.807) is 0 Å². The monoisotopic (exact) mass is 224 g/mol. The topological polar surface area (TPSA) is 30.9 Å². The van der Waals surface area contributed by atoms with Crippen molar-refractivity contribution in [2.45, 2.75) is 31.2 Å². The number of hydrogen-bond donors (Lipinski definition) is 1. The molecule has 4 nitrogen and oxygen atoms in total. The van der Waals surface area contributed by atoms with Gasteiger partial charge in [-0.1, -0.05) is 12.8 Å². The lowest BCUT2D eigenvalue weighted by molar-refractivity contribution is 0.160. The maximum Gasteiger partial charge on any atom is 0.193 e. The minimum Gasteiger partial charge on any atom is -0.354 e. The van der Waals surface area contributed by atoms with Crippen molar-refractivity contribution in [2.75, 3.05) is 40.8 Å². The van der Waals surface area contributed by atoms with Crippen LogP contribution in [-0.4, -0.2) is 62.1 Å². The van der Waals surface area contributed by atoms with E-state index in [1.165, 1.54) is 25.7 Å². The van der Waals surface area contributed by atoms with Crippen LogP contribution in [0.5, 0.6) is 0 Å². The molecule has 1 saturated carbocycles. The number of aliphatic imine (C=N–C) groups is 1. The van der Waals surface area contributed by atoms with Crippen LogP contribution in [0.4, 0.5) is 0 Å². The van der Waals surface area contributed by atoms with Gasteiger partial charge in [0.1, 0.15) is 0 Å². The minimum atomic E-state index is 0.353. The zero-order valence-corrected chi connectivity index (χ0v) is 10.8. The van der Waals surface area contributed by atoms with Gasteiger partial charge in [0.2, 0.25) is 0 Å². The van der Waals surface area contributed by atoms with Crippen molar-refractivity contribution in [1.82, 2.24) is 15.1 Å². The highest BCUT2D eigenvalue weighted by molar-refractivity contribution is 5.81. The molecule has 0 aromatic rings. The number of nitrogens with one attached hydrogen (secondary N) is 1. The first-order valence-corrected chi connectivity index (χ1v) is 6.31. The molecule has 1 fully saturated rings. The van der Waals surface area contributed by atoms with Crippen LogP contribution >= 0.6 is 0 Å². The van der Waals surface area contributed by atoms with Crippen molar-refractivity contribution >= 4 is 5.96 Å². The Morgan fingerprint density at radius 2 is 2.06 bits per heavy atom. The summed E-state index contributed by atoms with van der Waals surface area (Å²) in [5, 5.41) is 3.53. The fourth-order valence-corrected chi connectivity index (χ4v) is 2.78. The van der Waals surface area contributed by atoms with Crippen molar-refractivity contribution in [3.63, 3.8) is 0 Å². The molecule has 0 radical (unpaired) electrons. The summed E-state index contributed by atoms with van der Waals surface area (Å²) in [5.41, 5.74) is 0.353. The van der Waals surface area contributed by atoms with E-state index in [0.29, 0.717) is 5.54 Å². The lowest BCUT2D eigenvalue weighted by Crippen LogP contribution is -2.52. The Kier molecular flexibility index (Phi) is 3.38. The van der Waals surface area contributed by atoms with E-state index in [0.717, 1.165) is 25.6 Å². The largest absolute Gasteiger partial charge is 0.354 e. The third-order valence-corrected chi connectivity index (χ3v) is 4.12. The van der Waals surface area contributed by atoms with Gasteiger partial charge < -0.3 is 15.1 Å². The van der Waals surface area contributed by atoms with Crippen LogP contribution in [-0.2, 0) is 0 Å². The second kappa shape index (κ2) is 4.62. The standard InChI is InChI=1S/C12H24N4/c1-15(2)12(6-4-5-7-12)10-14-11-13-8-9-16(11)3/h4-10H2,1-3H3,(H,13,14). The summed E-state index contributed by atoms with van der Waals surface area (Å²) in [6.07, 6.45) is 5.35. The first kappa shape index (κ1) is 11.7. The third-order valence-electron chi connectivity index (χ3n) is 4.12. The van der Waals surface area contributed by atoms with Crippen molar-refractivity contribution in [1.29, 1.82) is 0 Å². The average molecular weight is 224 g/mol. The van der Waals surface area contributed by atoms with Crippen LogP contribution in [0.2, 0.25) is 0 Å². The smallest absolute Gasteiger partial charge is 0.193 e. The van der Waals surface area contributed by atoms with Crippen molar-refractivity contribution in [3.05, 3.63) is 0 Å². The fraction of sp³-hybridized carbons (Fsp3) is 0.917. The molecule has 2 aliphatic rings. The molecule has 0 amide bonds. The Labute approximate surface area is 98.7 Å². The second-order valence-corrected chi connectivity index (χ2v) is 5.31. The molecular formula is C12H24N4. The molecule has 4 heteroatoms. The summed E-state index contributed by atoms with van der Waals surface area (Å²) in [7, 11) is 6.51. The Morgan fingerprint density at radius 1 is 1.38 bits per heavy atom.